The lowest BCUT2D eigenvalue weighted by Crippen LogP contribution is -2.31. The van der Waals surface area contributed by atoms with E-state index in [1.165, 1.54) is 29.3 Å². The molecule has 1 aromatic heterocycles. The van der Waals surface area contributed by atoms with E-state index in [0.29, 0.717) is 34.3 Å². The lowest BCUT2D eigenvalue weighted by molar-refractivity contribution is 0.0603. The molecule has 31 heavy (non-hydrogen) atoms. The Balaban J connectivity index is 1.79. The fourth-order valence-corrected chi connectivity index (χ4v) is 4.36. The summed E-state index contributed by atoms with van der Waals surface area (Å²) in [6.07, 6.45) is 2.98. The summed E-state index contributed by atoms with van der Waals surface area (Å²) in [5, 5.41) is 0.622. The van der Waals surface area contributed by atoms with Gasteiger partial charge in [-0.15, -0.1) is 0 Å². The fraction of sp³-hybridized carbons (Fsp3) is 0.273. The van der Waals surface area contributed by atoms with E-state index in [9.17, 15) is 18.0 Å². The van der Waals surface area contributed by atoms with Gasteiger partial charge in [0.2, 0.25) is 15.9 Å². The van der Waals surface area contributed by atoms with Gasteiger partial charge in [0.25, 0.3) is 0 Å². The molecule has 3 aromatic rings. The quantitative estimate of drug-likeness (QED) is 0.495. The number of fused-ring (bicyclic) bond motifs is 1. The molecule has 0 saturated carbocycles. The van der Waals surface area contributed by atoms with Crippen LogP contribution in [-0.2, 0) is 14.8 Å². The van der Waals surface area contributed by atoms with Crippen LogP contribution in [0.3, 0.4) is 0 Å². The summed E-state index contributed by atoms with van der Waals surface area (Å²) in [4.78, 5) is 24.9. The van der Waals surface area contributed by atoms with Gasteiger partial charge in [-0.2, -0.15) is 0 Å². The van der Waals surface area contributed by atoms with E-state index < -0.39 is 16.0 Å². The molecule has 164 valence electrons. The number of ether oxygens (including phenoxy) is 2. The molecular weight excluding hydrogens is 420 g/mol. The Morgan fingerprint density at radius 3 is 2.48 bits per heavy atom. The number of sulfonamides is 1. The summed E-state index contributed by atoms with van der Waals surface area (Å²) in [6.45, 7) is 0.126. The maximum atomic E-state index is 12.9. The van der Waals surface area contributed by atoms with E-state index in [4.69, 9.17) is 9.47 Å². The molecule has 0 aliphatic carbocycles. The molecule has 0 aliphatic rings. The van der Waals surface area contributed by atoms with Crippen molar-refractivity contribution in [3.8, 4) is 5.75 Å². The average Bonchev–Trinajstić information content (AvgIpc) is 3.15. The van der Waals surface area contributed by atoms with Crippen molar-refractivity contribution >= 4 is 38.5 Å². The Labute approximate surface area is 181 Å². The first kappa shape index (κ1) is 22.4. The zero-order valence-electron chi connectivity index (χ0n) is 17.6. The molecule has 0 N–H and O–H groups in total. The zero-order valence-corrected chi connectivity index (χ0v) is 18.4. The smallest absolute Gasteiger partial charge is 0.340 e. The number of hydrogen-bond donors (Lipinski definition) is 0. The van der Waals surface area contributed by atoms with Gasteiger partial charge >= 0.3 is 5.97 Å². The summed E-state index contributed by atoms with van der Waals surface area (Å²) in [5.74, 6) is -0.231. The molecule has 0 atom stereocenters. The topological polar surface area (TPSA) is 94.9 Å². The van der Waals surface area contributed by atoms with Gasteiger partial charge in [0.05, 0.1) is 37.2 Å². The van der Waals surface area contributed by atoms with Crippen LogP contribution in [0.15, 0.2) is 54.7 Å². The van der Waals surface area contributed by atoms with Crippen LogP contribution in [0, 0.1) is 0 Å². The third-order valence-electron chi connectivity index (χ3n) is 4.88. The highest BCUT2D eigenvalue weighted by molar-refractivity contribution is 7.92. The first-order chi connectivity index (χ1) is 14.8. The van der Waals surface area contributed by atoms with E-state index in [-0.39, 0.29) is 18.9 Å². The number of aromatic nitrogens is 1. The highest BCUT2D eigenvalue weighted by Gasteiger charge is 2.21. The number of esters is 1. The van der Waals surface area contributed by atoms with Crippen LogP contribution >= 0.6 is 0 Å². The van der Waals surface area contributed by atoms with Gasteiger partial charge in [-0.05, 0) is 24.6 Å². The molecule has 0 fully saturated rings. The number of anilines is 1. The van der Waals surface area contributed by atoms with Gasteiger partial charge in [0, 0.05) is 30.6 Å². The van der Waals surface area contributed by atoms with Crippen LogP contribution in [-0.4, -0.2) is 51.9 Å². The molecule has 9 heteroatoms. The van der Waals surface area contributed by atoms with Crippen LogP contribution in [0.25, 0.3) is 10.9 Å². The van der Waals surface area contributed by atoms with Gasteiger partial charge in [0.15, 0.2) is 0 Å². The second-order valence-corrected chi connectivity index (χ2v) is 8.86. The minimum atomic E-state index is -3.55. The molecule has 0 radical (unpaired) electrons. The third-order valence-corrected chi connectivity index (χ3v) is 6.07. The number of methoxy groups -OCH3 is 2. The van der Waals surface area contributed by atoms with Crippen molar-refractivity contribution in [2.45, 2.75) is 12.8 Å². The van der Waals surface area contributed by atoms with Gasteiger partial charge in [-0.1, -0.05) is 24.3 Å². The van der Waals surface area contributed by atoms with Crippen molar-refractivity contribution < 1.29 is 27.5 Å². The average molecular weight is 445 g/mol. The molecule has 0 amide bonds. The number of para-hydroxylation sites is 1. The first-order valence-corrected chi connectivity index (χ1v) is 11.4. The van der Waals surface area contributed by atoms with E-state index in [2.05, 4.69) is 0 Å². The Morgan fingerprint density at radius 1 is 1.06 bits per heavy atom. The Morgan fingerprint density at radius 2 is 1.81 bits per heavy atom. The van der Waals surface area contributed by atoms with E-state index >= 15 is 0 Å². The summed E-state index contributed by atoms with van der Waals surface area (Å²) in [6, 6.07) is 13.8. The van der Waals surface area contributed by atoms with Crippen molar-refractivity contribution in [3.63, 3.8) is 0 Å². The Hall–Kier alpha value is -3.33. The highest BCUT2D eigenvalue weighted by Crippen LogP contribution is 2.25. The predicted octanol–water partition coefficient (Wildman–Crippen LogP) is 3.32. The number of benzene rings is 2. The molecule has 0 bridgehead atoms. The van der Waals surface area contributed by atoms with E-state index in [1.807, 2.05) is 0 Å². The normalized spacial score (nSPS) is 11.3. The zero-order chi connectivity index (χ0) is 22.6. The lowest BCUT2D eigenvalue weighted by atomic mass is 10.2. The predicted molar refractivity (Wildman–Crippen MR) is 118 cm³/mol. The Bertz CT molecular complexity index is 1220. The van der Waals surface area contributed by atoms with Crippen LogP contribution in [0.4, 0.5) is 5.69 Å². The van der Waals surface area contributed by atoms with E-state index in [1.54, 1.807) is 48.5 Å². The molecule has 0 spiro atoms. The van der Waals surface area contributed by atoms with Crippen LogP contribution in [0.2, 0.25) is 0 Å². The van der Waals surface area contributed by atoms with Gasteiger partial charge in [-0.3, -0.25) is 13.7 Å². The van der Waals surface area contributed by atoms with Crippen molar-refractivity contribution in [2.75, 3.05) is 31.3 Å². The molecule has 0 saturated heterocycles. The standard InChI is InChI=1S/C22H24N2O6S/c1-29-17-9-6-8-16(14-17)24(31(3,27)28)13-7-12-21(25)23-15-19(22(26)30-2)18-10-4-5-11-20(18)23/h4-6,8-11,14-15H,7,12-13H2,1-3H3. The summed E-state index contributed by atoms with van der Waals surface area (Å²) in [5.41, 5.74) is 1.37. The summed E-state index contributed by atoms with van der Waals surface area (Å²) < 4.78 is 37.3. The lowest BCUT2D eigenvalue weighted by Gasteiger charge is -2.22. The molecule has 2 aromatic carbocycles. The Kier molecular flexibility index (Phi) is 6.65. The number of hydrogen-bond acceptors (Lipinski definition) is 6. The second kappa shape index (κ2) is 9.22. The van der Waals surface area contributed by atoms with Gasteiger partial charge in [-0.25, -0.2) is 13.2 Å². The van der Waals surface area contributed by atoms with Gasteiger partial charge in [0.1, 0.15) is 5.75 Å². The molecule has 8 nitrogen and oxygen atoms in total. The third kappa shape index (κ3) is 4.88. The minimum Gasteiger partial charge on any atom is -0.497 e. The van der Waals surface area contributed by atoms with Crippen LogP contribution in [0.1, 0.15) is 28.0 Å². The van der Waals surface area contributed by atoms with Crippen LogP contribution < -0.4 is 9.04 Å². The van der Waals surface area contributed by atoms with Crippen molar-refractivity contribution in [3.05, 3.63) is 60.3 Å². The fourth-order valence-electron chi connectivity index (χ4n) is 3.40. The minimum absolute atomic E-state index is 0.0925. The number of carbonyl (C=O) groups excluding carboxylic acids is 2. The van der Waals surface area contributed by atoms with Crippen LogP contribution in [0.5, 0.6) is 5.75 Å². The molecule has 0 aliphatic heterocycles. The second-order valence-electron chi connectivity index (χ2n) is 6.96. The first-order valence-electron chi connectivity index (χ1n) is 9.59. The van der Waals surface area contributed by atoms with Gasteiger partial charge < -0.3 is 9.47 Å². The molecule has 3 rings (SSSR count). The summed E-state index contributed by atoms with van der Waals surface area (Å²) in [7, 11) is -0.759. The maximum Gasteiger partial charge on any atom is 0.340 e. The number of nitrogens with zero attached hydrogens (tertiary/aromatic N) is 2. The number of carbonyl (C=O) groups is 2. The maximum absolute atomic E-state index is 12.9. The molecular formula is C22H24N2O6S. The summed E-state index contributed by atoms with van der Waals surface area (Å²) >= 11 is 0. The SMILES string of the molecule is COC(=O)c1cn(C(=O)CCCN(c2cccc(OC)c2)S(C)(=O)=O)c2ccccc12. The highest BCUT2D eigenvalue weighted by atomic mass is 32.2. The largest absolute Gasteiger partial charge is 0.497 e. The van der Waals surface area contributed by atoms with Crippen molar-refractivity contribution in [1.29, 1.82) is 0 Å². The molecule has 1 heterocycles. The van der Waals surface area contributed by atoms with Crippen molar-refractivity contribution in [1.82, 2.24) is 4.57 Å². The monoisotopic (exact) mass is 444 g/mol. The number of rotatable bonds is 8. The van der Waals surface area contributed by atoms with E-state index in [0.717, 1.165) is 6.26 Å². The van der Waals surface area contributed by atoms with Crippen molar-refractivity contribution in [2.24, 2.45) is 0 Å². The molecule has 0 unspecified atom stereocenters.